The highest BCUT2D eigenvalue weighted by atomic mass is 14.7. The standard InChI is InChI=1S/C27H21N3/c28-18-19-11-13-22(14-12-19)27-23(20-7-3-1-4-8-20)17-24-25(30-27)15-16-29-26(24)21-9-5-2-6-10-21/h1-17H,18,28H2/p+1. The second kappa shape index (κ2) is 7.90. The van der Waals surface area contributed by atoms with Crippen molar-refractivity contribution in [3.05, 3.63) is 109 Å². The molecule has 0 spiro atoms. The number of hydrogen-bond acceptors (Lipinski definition) is 2. The number of nitrogens with zero attached hydrogens (tertiary/aromatic N) is 1. The van der Waals surface area contributed by atoms with E-state index in [0.29, 0.717) is 6.54 Å². The Morgan fingerprint density at radius 2 is 1.37 bits per heavy atom. The Bertz CT molecular complexity index is 1300. The molecule has 0 fully saturated rings. The number of nitrogens with one attached hydrogen (secondary N) is 1. The van der Waals surface area contributed by atoms with E-state index in [4.69, 9.17) is 10.7 Å². The first-order valence-electron chi connectivity index (χ1n) is 10.1. The Labute approximate surface area is 175 Å². The van der Waals surface area contributed by atoms with Gasteiger partial charge in [0.1, 0.15) is 0 Å². The zero-order chi connectivity index (χ0) is 20.3. The van der Waals surface area contributed by atoms with Gasteiger partial charge in [0, 0.05) is 29.3 Å². The second-order valence-corrected chi connectivity index (χ2v) is 7.30. The summed E-state index contributed by atoms with van der Waals surface area (Å²) >= 11 is 0. The van der Waals surface area contributed by atoms with Crippen LogP contribution in [0.2, 0.25) is 0 Å². The van der Waals surface area contributed by atoms with Gasteiger partial charge in [-0.3, -0.25) is 0 Å². The second-order valence-electron chi connectivity index (χ2n) is 7.30. The monoisotopic (exact) mass is 388 g/mol. The van der Waals surface area contributed by atoms with E-state index in [1.807, 2.05) is 24.4 Å². The molecule has 3 aromatic carbocycles. The quantitative estimate of drug-likeness (QED) is 0.441. The summed E-state index contributed by atoms with van der Waals surface area (Å²) in [4.78, 5) is 8.54. The number of aromatic nitrogens is 2. The van der Waals surface area contributed by atoms with E-state index in [1.165, 1.54) is 0 Å². The Morgan fingerprint density at radius 1 is 0.700 bits per heavy atom. The molecule has 3 nitrogen and oxygen atoms in total. The fraction of sp³-hybridized carbons (Fsp3) is 0.0370. The van der Waals surface area contributed by atoms with E-state index in [1.54, 1.807) is 0 Å². The van der Waals surface area contributed by atoms with Gasteiger partial charge in [-0.25, -0.2) is 9.97 Å². The largest absolute Gasteiger partial charge is 0.326 e. The zero-order valence-corrected chi connectivity index (χ0v) is 16.5. The van der Waals surface area contributed by atoms with E-state index < -0.39 is 0 Å². The summed E-state index contributed by atoms with van der Waals surface area (Å²) in [5.74, 6) is 0. The fourth-order valence-electron chi connectivity index (χ4n) is 3.84. The Morgan fingerprint density at radius 3 is 2.03 bits per heavy atom. The molecule has 0 bridgehead atoms. The Hall–Kier alpha value is -3.82. The summed E-state index contributed by atoms with van der Waals surface area (Å²) in [5, 5.41) is 1.10. The number of rotatable bonds is 4. The molecule has 144 valence electrons. The van der Waals surface area contributed by atoms with E-state index in [2.05, 4.69) is 83.8 Å². The minimum absolute atomic E-state index is 0.535. The molecule has 0 unspecified atom stereocenters. The minimum atomic E-state index is 0.535. The van der Waals surface area contributed by atoms with Crippen molar-refractivity contribution in [1.82, 2.24) is 4.98 Å². The number of aromatic amines is 1. The maximum absolute atomic E-state index is 5.79. The van der Waals surface area contributed by atoms with Gasteiger partial charge in [-0.15, -0.1) is 0 Å². The van der Waals surface area contributed by atoms with Gasteiger partial charge >= 0.3 is 0 Å². The van der Waals surface area contributed by atoms with Gasteiger partial charge in [0.15, 0.2) is 6.20 Å². The number of nitrogens with two attached hydrogens (primary N) is 1. The molecule has 5 aromatic rings. The third-order valence-electron chi connectivity index (χ3n) is 5.40. The van der Waals surface area contributed by atoms with Crippen molar-refractivity contribution in [3.8, 4) is 33.6 Å². The highest BCUT2D eigenvalue weighted by Crippen LogP contribution is 2.35. The van der Waals surface area contributed by atoms with Crippen LogP contribution in [0.25, 0.3) is 44.5 Å². The van der Waals surface area contributed by atoms with Crippen LogP contribution in [-0.2, 0) is 6.54 Å². The van der Waals surface area contributed by atoms with Crippen molar-refractivity contribution in [2.75, 3.05) is 0 Å². The molecule has 0 aliphatic carbocycles. The molecule has 2 aromatic heterocycles. The van der Waals surface area contributed by atoms with Crippen LogP contribution in [0.1, 0.15) is 5.56 Å². The number of fused-ring (bicyclic) bond motifs is 1. The van der Waals surface area contributed by atoms with Crippen molar-refractivity contribution in [2.45, 2.75) is 6.54 Å². The average molecular weight is 388 g/mol. The van der Waals surface area contributed by atoms with Gasteiger partial charge in [-0.1, -0.05) is 72.8 Å². The maximum atomic E-state index is 5.79. The maximum Gasteiger partial charge on any atom is 0.220 e. The van der Waals surface area contributed by atoms with Crippen LogP contribution in [0, 0.1) is 0 Å². The molecule has 0 aliphatic rings. The van der Waals surface area contributed by atoms with Crippen LogP contribution in [-0.4, -0.2) is 4.98 Å². The molecule has 0 saturated heterocycles. The predicted molar refractivity (Wildman–Crippen MR) is 122 cm³/mol. The number of hydrogen-bond donors (Lipinski definition) is 1. The normalized spacial score (nSPS) is 11.0. The molecule has 3 N–H and O–H groups in total. The van der Waals surface area contributed by atoms with E-state index in [9.17, 15) is 0 Å². The number of pyridine rings is 2. The highest BCUT2D eigenvalue weighted by Gasteiger charge is 2.17. The van der Waals surface area contributed by atoms with Gasteiger partial charge in [0.05, 0.1) is 16.6 Å². The summed E-state index contributed by atoms with van der Waals surface area (Å²) in [6.07, 6.45) is 1.96. The molecule has 0 aliphatic heterocycles. The zero-order valence-electron chi connectivity index (χ0n) is 16.5. The van der Waals surface area contributed by atoms with Crippen LogP contribution in [0.4, 0.5) is 0 Å². The lowest BCUT2D eigenvalue weighted by atomic mass is 9.95. The molecule has 3 heteroatoms. The number of H-pyrrole nitrogens is 1. The molecule has 0 saturated carbocycles. The van der Waals surface area contributed by atoms with Gasteiger partial charge in [-0.05, 0) is 29.3 Å². The van der Waals surface area contributed by atoms with Crippen LogP contribution < -0.4 is 10.7 Å². The third-order valence-corrected chi connectivity index (χ3v) is 5.40. The average Bonchev–Trinajstić information content (AvgIpc) is 2.84. The smallest absolute Gasteiger partial charge is 0.220 e. The van der Waals surface area contributed by atoms with Crippen LogP contribution >= 0.6 is 0 Å². The van der Waals surface area contributed by atoms with Crippen molar-refractivity contribution in [1.29, 1.82) is 0 Å². The summed E-state index contributed by atoms with van der Waals surface area (Å²) in [6.45, 7) is 0.535. The molecular weight excluding hydrogens is 366 g/mol. The molecule has 0 amide bonds. The predicted octanol–water partition coefficient (Wildman–Crippen LogP) is 5.51. The SMILES string of the molecule is NCc1ccc(-c2nc3cc[nH+]c(-c4ccccc4)c3cc2-c2ccccc2)cc1. The Kier molecular flexibility index (Phi) is 4.80. The van der Waals surface area contributed by atoms with Crippen LogP contribution in [0.15, 0.2) is 103 Å². The topological polar surface area (TPSA) is 53.0 Å². The van der Waals surface area contributed by atoms with Gasteiger partial charge < -0.3 is 5.73 Å². The third kappa shape index (κ3) is 3.36. The summed E-state index contributed by atoms with van der Waals surface area (Å²) in [6, 6.07) is 33.5. The Balaban J connectivity index is 1.79. The molecular formula is C27H22N3+. The molecule has 2 heterocycles. The molecule has 30 heavy (non-hydrogen) atoms. The van der Waals surface area contributed by atoms with Crippen molar-refractivity contribution >= 4 is 10.9 Å². The van der Waals surface area contributed by atoms with Crippen LogP contribution in [0.3, 0.4) is 0 Å². The lowest BCUT2D eigenvalue weighted by molar-refractivity contribution is -0.362. The van der Waals surface area contributed by atoms with Gasteiger partial charge in [-0.2, -0.15) is 0 Å². The van der Waals surface area contributed by atoms with Crippen molar-refractivity contribution in [3.63, 3.8) is 0 Å². The van der Waals surface area contributed by atoms with Crippen molar-refractivity contribution in [2.24, 2.45) is 5.73 Å². The van der Waals surface area contributed by atoms with E-state index >= 15 is 0 Å². The summed E-state index contributed by atoms with van der Waals surface area (Å²) in [7, 11) is 0. The first-order valence-corrected chi connectivity index (χ1v) is 10.1. The summed E-state index contributed by atoms with van der Waals surface area (Å²) in [5.41, 5.74) is 14.4. The number of benzene rings is 3. The summed E-state index contributed by atoms with van der Waals surface area (Å²) < 4.78 is 0. The molecule has 0 radical (unpaired) electrons. The lowest BCUT2D eigenvalue weighted by Crippen LogP contribution is -2.07. The molecule has 0 atom stereocenters. The fourth-order valence-corrected chi connectivity index (χ4v) is 3.84. The van der Waals surface area contributed by atoms with Gasteiger partial charge in [0.2, 0.25) is 5.69 Å². The van der Waals surface area contributed by atoms with E-state index in [0.717, 1.165) is 50.1 Å². The minimum Gasteiger partial charge on any atom is -0.326 e. The van der Waals surface area contributed by atoms with Crippen LogP contribution in [0.5, 0.6) is 0 Å². The van der Waals surface area contributed by atoms with E-state index in [-0.39, 0.29) is 0 Å². The van der Waals surface area contributed by atoms with Crippen molar-refractivity contribution < 1.29 is 4.98 Å². The lowest BCUT2D eigenvalue weighted by Gasteiger charge is -2.12. The molecule has 5 rings (SSSR count). The highest BCUT2D eigenvalue weighted by molar-refractivity contribution is 5.97. The first-order chi connectivity index (χ1) is 14.8. The first kappa shape index (κ1) is 18.2. The van der Waals surface area contributed by atoms with Gasteiger partial charge in [0.25, 0.3) is 0 Å².